The summed E-state index contributed by atoms with van der Waals surface area (Å²) >= 11 is 0. The van der Waals surface area contributed by atoms with Crippen LogP contribution in [0.5, 0.6) is 5.75 Å². The van der Waals surface area contributed by atoms with E-state index in [1.165, 1.54) is 4.90 Å². The van der Waals surface area contributed by atoms with Crippen LogP contribution < -0.4 is 9.64 Å². The van der Waals surface area contributed by atoms with Gasteiger partial charge in [-0.15, -0.1) is 0 Å². The average Bonchev–Trinajstić information content (AvgIpc) is 2.57. The monoisotopic (exact) mass is 391 g/mol. The van der Waals surface area contributed by atoms with Crippen LogP contribution >= 0.6 is 0 Å². The first kappa shape index (κ1) is 21.9. The van der Waals surface area contributed by atoms with Gasteiger partial charge in [0, 0.05) is 40.7 Å². The van der Waals surface area contributed by atoms with Crippen molar-refractivity contribution in [1.82, 2.24) is 9.80 Å². The van der Waals surface area contributed by atoms with Crippen molar-refractivity contribution in [2.45, 2.75) is 39.4 Å². The fourth-order valence-corrected chi connectivity index (χ4v) is 3.18. The number of amides is 2. The van der Waals surface area contributed by atoms with Gasteiger partial charge in [-0.1, -0.05) is 13.0 Å². The van der Waals surface area contributed by atoms with E-state index < -0.39 is 11.7 Å². The van der Waals surface area contributed by atoms with Crippen LogP contribution in [-0.4, -0.2) is 74.8 Å². The van der Waals surface area contributed by atoms with Crippen LogP contribution in [-0.2, 0) is 4.74 Å². The van der Waals surface area contributed by atoms with Crippen LogP contribution in [0.1, 0.15) is 38.1 Å². The molecule has 0 N–H and O–H groups in total. The number of carbonyl (C=O) groups is 2. The molecule has 156 valence electrons. The third kappa shape index (κ3) is 5.09. The summed E-state index contributed by atoms with van der Waals surface area (Å²) in [5.41, 5.74) is 0.805. The molecule has 0 saturated carbocycles. The van der Waals surface area contributed by atoms with E-state index in [2.05, 4.69) is 0 Å². The smallest absolute Gasteiger partial charge is 0.410 e. The molecule has 2 atom stereocenters. The van der Waals surface area contributed by atoms with Gasteiger partial charge in [-0.25, -0.2) is 4.79 Å². The Morgan fingerprint density at radius 2 is 1.93 bits per heavy atom. The number of fused-ring (bicyclic) bond motifs is 1. The summed E-state index contributed by atoms with van der Waals surface area (Å²) in [6.07, 6.45) is -0.677. The van der Waals surface area contributed by atoms with Crippen LogP contribution in [0.25, 0.3) is 0 Å². The topological polar surface area (TPSA) is 62.3 Å². The molecule has 2 rings (SSSR count). The molecule has 0 aromatic heterocycles. The van der Waals surface area contributed by atoms with Gasteiger partial charge in [-0.2, -0.15) is 0 Å². The maximum Gasteiger partial charge on any atom is 0.410 e. The first-order valence-electron chi connectivity index (χ1n) is 9.57. The van der Waals surface area contributed by atoms with Crippen LogP contribution in [0.15, 0.2) is 18.2 Å². The summed E-state index contributed by atoms with van der Waals surface area (Å²) < 4.78 is 11.8. The molecule has 0 spiro atoms. The van der Waals surface area contributed by atoms with Gasteiger partial charge >= 0.3 is 6.09 Å². The third-order valence-electron chi connectivity index (χ3n) is 4.68. The number of carbonyl (C=O) groups excluding carboxylic acids is 2. The molecule has 7 nitrogen and oxygen atoms in total. The lowest BCUT2D eigenvalue weighted by Gasteiger charge is -2.36. The number of likely N-dealkylation sites (N-methyl/N-ethyl adjacent to an activating group) is 1. The van der Waals surface area contributed by atoms with E-state index in [0.29, 0.717) is 24.4 Å². The Morgan fingerprint density at radius 1 is 1.29 bits per heavy atom. The normalized spacial score (nSPS) is 19.9. The summed E-state index contributed by atoms with van der Waals surface area (Å²) in [5.74, 6) is 0.519. The van der Waals surface area contributed by atoms with E-state index in [4.69, 9.17) is 9.47 Å². The molecule has 0 radical (unpaired) electrons. The molecule has 1 aromatic carbocycles. The van der Waals surface area contributed by atoms with Gasteiger partial charge in [-0.05, 0) is 32.9 Å². The zero-order valence-electron chi connectivity index (χ0n) is 18.3. The molecule has 1 aliphatic heterocycles. The van der Waals surface area contributed by atoms with Crippen LogP contribution in [0, 0.1) is 5.92 Å². The largest absolute Gasteiger partial charge is 0.485 e. The van der Waals surface area contributed by atoms with Crippen LogP contribution in [0.3, 0.4) is 0 Å². The van der Waals surface area contributed by atoms with Gasteiger partial charge < -0.3 is 24.2 Å². The molecule has 0 bridgehead atoms. The second-order valence-electron chi connectivity index (χ2n) is 8.73. The van der Waals surface area contributed by atoms with Crippen molar-refractivity contribution in [3.05, 3.63) is 23.8 Å². The first-order chi connectivity index (χ1) is 12.9. The minimum Gasteiger partial charge on any atom is -0.485 e. The summed E-state index contributed by atoms with van der Waals surface area (Å²) in [4.78, 5) is 30.4. The average molecular weight is 392 g/mol. The molecule has 2 amide bonds. The maximum absolute atomic E-state index is 12.8. The number of benzene rings is 1. The highest BCUT2D eigenvalue weighted by Crippen LogP contribution is 2.35. The van der Waals surface area contributed by atoms with E-state index in [9.17, 15) is 9.59 Å². The van der Waals surface area contributed by atoms with Crippen molar-refractivity contribution in [3.63, 3.8) is 0 Å². The lowest BCUT2D eigenvalue weighted by Crippen LogP contribution is -2.47. The quantitative estimate of drug-likeness (QED) is 0.792. The Balaban J connectivity index is 2.35. The van der Waals surface area contributed by atoms with Crippen molar-refractivity contribution < 1.29 is 19.1 Å². The zero-order chi connectivity index (χ0) is 21.2. The third-order valence-corrected chi connectivity index (χ3v) is 4.68. The van der Waals surface area contributed by atoms with E-state index >= 15 is 0 Å². The Labute approximate surface area is 168 Å². The number of anilines is 1. The van der Waals surface area contributed by atoms with E-state index in [0.717, 1.165) is 5.69 Å². The van der Waals surface area contributed by atoms with Crippen molar-refractivity contribution >= 4 is 17.7 Å². The standard InChI is InChI=1S/C21H33N3O4/c1-14-12-23(7)19(25)15-10-9-11-16(22(5)6)18(15)27-17(14)13-24(8)20(26)28-21(2,3)4/h9-11,14,17H,12-13H2,1-8H3/t14-,17-/m0/s1. The Bertz CT molecular complexity index is 727. The Hall–Kier alpha value is -2.44. The Kier molecular flexibility index (Phi) is 6.47. The van der Waals surface area contributed by atoms with E-state index in [1.54, 1.807) is 25.1 Å². The lowest BCUT2D eigenvalue weighted by atomic mass is 10.0. The number of hydrogen-bond acceptors (Lipinski definition) is 5. The molecule has 1 aliphatic rings. The Morgan fingerprint density at radius 3 is 2.50 bits per heavy atom. The van der Waals surface area contributed by atoms with Gasteiger partial charge in [-0.3, -0.25) is 4.79 Å². The number of nitrogens with zero attached hydrogens (tertiary/aromatic N) is 3. The van der Waals surface area contributed by atoms with Crippen LogP contribution in [0.2, 0.25) is 0 Å². The van der Waals surface area contributed by atoms with Crippen molar-refractivity contribution in [3.8, 4) is 5.75 Å². The van der Waals surface area contributed by atoms with Gasteiger partial charge in [0.25, 0.3) is 5.91 Å². The molecule has 0 fully saturated rings. The first-order valence-corrected chi connectivity index (χ1v) is 9.57. The zero-order valence-corrected chi connectivity index (χ0v) is 18.3. The fraction of sp³-hybridized carbons (Fsp3) is 0.619. The SMILES string of the molecule is C[C@H]1CN(C)C(=O)c2cccc(N(C)C)c2O[C@H]1CN(C)C(=O)OC(C)(C)C. The predicted octanol–water partition coefficient (Wildman–Crippen LogP) is 3.09. The van der Waals surface area contributed by atoms with E-state index in [-0.39, 0.29) is 17.9 Å². The predicted molar refractivity (Wildman–Crippen MR) is 110 cm³/mol. The number of hydrogen-bond donors (Lipinski definition) is 0. The fourth-order valence-electron chi connectivity index (χ4n) is 3.18. The minimum absolute atomic E-state index is 0.0298. The van der Waals surface area contributed by atoms with Crippen molar-refractivity contribution in [2.75, 3.05) is 46.2 Å². The molecule has 1 aromatic rings. The molecule has 28 heavy (non-hydrogen) atoms. The molecule has 0 aliphatic carbocycles. The highest BCUT2D eigenvalue weighted by Gasteiger charge is 2.33. The summed E-state index contributed by atoms with van der Waals surface area (Å²) in [6, 6.07) is 5.56. The molecule has 1 heterocycles. The molecule has 7 heteroatoms. The molecular weight excluding hydrogens is 358 g/mol. The highest BCUT2D eigenvalue weighted by molar-refractivity contribution is 5.99. The lowest BCUT2D eigenvalue weighted by molar-refractivity contribution is 0.0151. The molecular formula is C21H33N3O4. The summed E-state index contributed by atoms with van der Waals surface area (Å²) in [7, 11) is 7.33. The molecule has 0 saturated heterocycles. The van der Waals surface area contributed by atoms with E-state index in [1.807, 2.05) is 58.8 Å². The van der Waals surface area contributed by atoms with Crippen molar-refractivity contribution in [1.29, 1.82) is 0 Å². The second-order valence-corrected chi connectivity index (χ2v) is 8.73. The summed E-state index contributed by atoms with van der Waals surface area (Å²) in [6.45, 7) is 8.45. The minimum atomic E-state index is -0.559. The van der Waals surface area contributed by atoms with Gasteiger partial charge in [0.1, 0.15) is 11.7 Å². The maximum atomic E-state index is 12.8. The second kappa shape index (κ2) is 8.29. The van der Waals surface area contributed by atoms with Crippen LogP contribution in [0.4, 0.5) is 10.5 Å². The molecule has 0 unspecified atom stereocenters. The van der Waals surface area contributed by atoms with Gasteiger partial charge in [0.05, 0.1) is 17.8 Å². The van der Waals surface area contributed by atoms with Gasteiger partial charge in [0.2, 0.25) is 0 Å². The van der Waals surface area contributed by atoms with Gasteiger partial charge in [0.15, 0.2) is 5.75 Å². The number of rotatable bonds is 3. The van der Waals surface area contributed by atoms with Crippen molar-refractivity contribution in [2.24, 2.45) is 5.92 Å². The summed E-state index contributed by atoms with van der Waals surface area (Å²) in [5, 5.41) is 0. The number of ether oxygens (including phenoxy) is 2. The number of para-hydroxylation sites is 1. The highest BCUT2D eigenvalue weighted by atomic mass is 16.6.